The van der Waals surface area contributed by atoms with Crippen molar-refractivity contribution in [1.29, 1.82) is 0 Å². The molecule has 6 nitrogen and oxygen atoms in total. The number of halogens is 1. The largest absolute Gasteiger partial charge is 0.348 e. The summed E-state index contributed by atoms with van der Waals surface area (Å²) in [5, 5.41) is 16.4. The van der Waals surface area contributed by atoms with E-state index in [1.807, 2.05) is 41.8 Å². The van der Waals surface area contributed by atoms with Gasteiger partial charge in [0.25, 0.3) is 0 Å². The lowest BCUT2D eigenvalue weighted by Gasteiger charge is -2.06. The number of amides is 1. The van der Waals surface area contributed by atoms with Gasteiger partial charge in [-0.25, -0.2) is 0 Å². The quantitative estimate of drug-likeness (QED) is 0.740. The van der Waals surface area contributed by atoms with Crippen LogP contribution in [0.15, 0.2) is 46.3 Å². The first-order valence-corrected chi connectivity index (χ1v) is 8.22. The highest BCUT2D eigenvalue weighted by Crippen LogP contribution is 2.15. The summed E-state index contributed by atoms with van der Waals surface area (Å²) in [6.45, 7) is 0.281. The van der Waals surface area contributed by atoms with E-state index in [4.69, 9.17) is 0 Å². The van der Waals surface area contributed by atoms with Crippen molar-refractivity contribution >= 4 is 33.2 Å². The van der Waals surface area contributed by atoms with Gasteiger partial charge in [0.05, 0.1) is 18.7 Å². The van der Waals surface area contributed by atoms with E-state index in [-0.39, 0.29) is 12.5 Å². The Hall–Kier alpha value is -2.06. The molecule has 0 atom stereocenters. The van der Waals surface area contributed by atoms with Gasteiger partial charge in [-0.2, -0.15) is 4.68 Å². The lowest BCUT2D eigenvalue weighted by atomic mass is 10.3. The molecular weight excluding hydrogens is 366 g/mol. The highest BCUT2D eigenvalue weighted by molar-refractivity contribution is 9.10. The summed E-state index contributed by atoms with van der Waals surface area (Å²) in [5.74, 6) is 0.531. The molecule has 0 radical (unpaired) electrons. The van der Waals surface area contributed by atoms with Crippen molar-refractivity contribution in [2.24, 2.45) is 0 Å². The van der Waals surface area contributed by atoms with Gasteiger partial charge in [0.15, 0.2) is 5.82 Å². The fourth-order valence-corrected chi connectivity index (χ4v) is 3.03. The van der Waals surface area contributed by atoms with Gasteiger partial charge in [-0.3, -0.25) is 4.79 Å². The van der Waals surface area contributed by atoms with Gasteiger partial charge in [-0.1, -0.05) is 28.1 Å². The van der Waals surface area contributed by atoms with E-state index in [1.54, 1.807) is 16.0 Å². The summed E-state index contributed by atoms with van der Waals surface area (Å²) in [7, 11) is 0. The number of aromatic nitrogens is 4. The number of carbonyl (C=O) groups excluding carboxylic acids is 1. The van der Waals surface area contributed by atoms with Gasteiger partial charge >= 0.3 is 0 Å². The van der Waals surface area contributed by atoms with Crippen molar-refractivity contribution in [2.45, 2.75) is 13.0 Å². The average Bonchev–Trinajstić information content (AvgIpc) is 3.16. The van der Waals surface area contributed by atoms with Crippen LogP contribution < -0.4 is 5.32 Å². The van der Waals surface area contributed by atoms with Gasteiger partial charge in [0, 0.05) is 9.35 Å². The number of benzene rings is 1. The number of hydrogen-bond donors (Lipinski definition) is 1. The highest BCUT2D eigenvalue weighted by atomic mass is 79.9. The molecule has 0 unspecified atom stereocenters. The van der Waals surface area contributed by atoms with E-state index in [0.29, 0.717) is 12.2 Å². The van der Waals surface area contributed by atoms with E-state index in [0.717, 1.165) is 15.0 Å². The smallest absolute Gasteiger partial charge is 0.225 e. The van der Waals surface area contributed by atoms with Crippen molar-refractivity contribution in [3.8, 4) is 5.69 Å². The number of carbonyl (C=O) groups is 1. The number of rotatable bonds is 5. The molecule has 0 saturated heterocycles. The fraction of sp³-hybridized carbons (Fsp3) is 0.143. The van der Waals surface area contributed by atoms with E-state index < -0.39 is 0 Å². The molecule has 0 saturated carbocycles. The zero-order chi connectivity index (χ0) is 15.4. The maximum Gasteiger partial charge on any atom is 0.225 e. The second kappa shape index (κ2) is 6.80. The minimum absolute atomic E-state index is 0.0498. The molecular formula is C14H12BrN5OS. The first kappa shape index (κ1) is 14.9. The third-order valence-corrected chi connectivity index (χ3v) is 4.32. The van der Waals surface area contributed by atoms with Crippen LogP contribution in [0.5, 0.6) is 0 Å². The van der Waals surface area contributed by atoms with Crippen molar-refractivity contribution in [3.05, 3.63) is 57.0 Å². The van der Waals surface area contributed by atoms with E-state index in [9.17, 15) is 4.79 Å². The van der Waals surface area contributed by atoms with Crippen LogP contribution in [-0.2, 0) is 17.8 Å². The zero-order valence-corrected chi connectivity index (χ0v) is 13.8. The number of nitrogens with one attached hydrogen (secondary N) is 1. The van der Waals surface area contributed by atoms with Crippen molar-refractivity contribution < 1.29 is 4.79 Å². The van der Waals surface area contributed by atoms with Crippen LogP contribution in [0.3, 0.4) is 0 Å². The molecule has 8 heteroatoms. The normalized spacial score (nSPS) is 10.6. The molecule has 0 fully saturated rings. The molecule has 2 heterocycles. The summed E-state index contributed by atoms with van der Waals surface area (Å²) in [4.78, 5) is 12.9. The van der Waals surface area contributed by atoms with Gasteiger partial charge < -0.3 is 5.32 Å². The Morgan fingerprint density at radius 2 is 2.23 bits per heavy atom. The molecule has 0 spiro atoms. The predicted octanol–water partition coefficient (Wildman–Crippen LogP) is 2.35. The molecule has 112 valence electrons. The molecule has 0 aliphatic heterocycles. The molecule has 0 aliphatic carbocycles. The van der Waals surface area contributed by atoms with Crippen LogP contribution in [0.4, 0.5) is 0 Å². The first-order valence-electron chi connectivity index (χ1n) is 6.54. The average molecular weight is 378 g/mol. The lowest BCUT2D eigenvalue weighted by molar-refractivity contribution is -0.120. The van der Waals surface area contributed by atoms with Gasteiger partial charge in [0.2, 0.25) is 5.91 Å². The van der Waals surface area contributed by atoms with Crippen molar-refractivity contribution in [3.63, 3.8) is 0 Å². The molecule has 1 amide bonds. The van der Waals surface area contributed by atoms with Gasteiger partial charge in [-0.05, 0) is 40.1 Å². The number of thiophene rings is 1. The summed E-state index contributed by atoms with van der Waals surface area (Å²) in [6.07, 6.45) is 0.371. The molecule has 0 aliphatic rings. The predicted molar refractivity (Wildman–Crippen MR) is 86.7 cm³/mol. The molecule has 0 bridgehead atoms. The van der Waals surface area contributed by atoms with Crippen LogP contribution in [0, 0.1) is 0 Å². The standard InChI is InChI=1S/C14H12BrN5OS/c15-10-3-1-4-11(7-10)20-13(17-18-19-20)9-16-14(21)8-12-5-2-6-22-12/h1-7H,8-9H2,(H,16,21). The Balaban J connectivity index is 1.66. The second-order valence-corrected chi connectivity index (χ2v) is 6.47. The Labute approximate surface area is 139 Å². The number of tetrazole rings is 1. The zero-order valence-electron chi connectivity index (χ0n) is 11.4. The summed E-state index contributed by atoms with van der Waals surface area (Å²) < 4.78 is 2.55. The van der Waals surface area contributed by atoms with Crippen molar-refractivity contribution in [2.75, 3.05) is 0 Å². The molecule has 22 heavy (non-hydrogen) atoms. The van der Waals surface area contributed by atoms with Crippen LogP contribution in [0.1, 0.15) is 10.7 Å². The summed E-state index contributed by atoms with van der Waals surface area (Å²) >= 11 is 4.98. The third kappa shape index (κ3) is 3.58. The minimum Gasteiger partial charge on any atom is -0.348 e. The summed E-state index contributed by atoms with van der Waals surface area (Å²) in [6, 6.07) is 11.5. The Bertz CT molecular complexity index is 771. The fourth-order valence-electron chi connectivity index (χ4n) is 1.94. The molecule has 2 aromatic heterocycles. The maximum atomic E-state index is 11.9. The van der Waals surface area contributed by atoms with Crippen LogP contribution >= 0.6 is 27.3 Å². The monoisotopic (exact) mass is 377 g/mol. The Kier molecular flexibility index (Phi) is 4.59. The van der Waals surface area contributed by atoms with Gasteiger partial charge in [-0.15, -0.1) is 16.4 Å². The minimum atomic E-state index is -0.0498. The SMILES string of the molecule is O=C(Cc1cccs1)NCc1nnnn1-c1cccc(Br)c1. The van der Waals surface area contributed by atoms with Crippen LogP contribution in [-0.4, -0.2) is 26.1 Å². The maximum absolute atomic E-state index is 11.9. The molecule has 3 aromatic rings. The van der Waals surface area contributed by atoms with E-state index >= 15 is 0 Å². The topological polar surface area (TPSA) is 72.7 Å². The number of nitrogens with zero attached hydrogens (tertiary/aromatic N) is 4. The van der Waals surface area contributed by atoms with Crippen molar-refractivity contribution in [1.82, 2.24) is 25.5 Å². The van der Waals surface area contributed by atoms with Crippen LogP contribution in [0.25, 0.3) is 5.69 Å². The van der Waals surface area contributed by atoms with E-state index in [1.165, 1.54) is 0 Å². The van der Waals surface area contributed by atoms with Crippen LogP contribution in [0.2, 0.25) is 0 Å². The third-order valence-electron chi connectivity index (χ3n) is 2.95. The van der Waals surface area contributed by atoms with E-state index in [2.05, 4.69) is 36.8 Å². The highest BCUT2D eigenvalue weighted by Gasteiger charge is 2.10. The number of hydrogen-bond acceptors (Lipinski definition) is 5. The summed E-state index contributed by atoms with van der Waals surface area (Å²) in [5.41, 5.74) is 0.835. The first-order chi connectivity index (χ1) is 10.7. The molecule has 1 aromatic carbocycles. The Morgan fingerprint density at radius 1 is 1.32 bits per heavy atom. The Morgan fingerprint density at radius 3 is 3.00 bits per heavy atom. The lowest BCUT2D eigenvalue weighted by Crippen LogP contribution is -2.26. The van der Waals surface area contributed by atoms with Gasteiger partial charge in [0.1, 0.15) is 0 Å². The molecule has 3 rings (SSSR count). The molecule has 1 N–H and O–H groups in total. The second-order valence-electron chi connectivity index (χ2n) is 4.52.